The molecule has 0 saturated carbocycles. The fourth-order valence-electron chi connectivity index (χ4n) is 2.32. The zero-order valence-corrected chi connectivity index (χ0v) is 16.4. The van der Waals surface area contributed by atoms with Crippen LogP contribution in [0.5, 0.6) is 0 Å². The zero-order chi connectivity index (χ0) is 18.7. The van der Waals surface area contributed by atoms with Gasteiger partial charge in [0.2, 0.25) is 11.7 Å². The molecule has 1 aromatic carbocycles. The van der Waals surface area contributed by atoms with Crippen molar-refractivity contribution in [3.8, 4) is 11.6 Å². The number of hydrogen-bond acceptors (Lipinski definition) is 5. The largest absolute Gasteiger partial charge is 0.461 e. The first-order valence-corrected chi connectivity index (χ1v) is 9.56. The molecule has 0 saturated heterocycles. The minimum absolute atomic E-state index is 0.112. The highest BCUT2D eigenvalue weighted by Crippen LogP contribution is 2.29. The average Bonchev–Trinajstić information content (AvgIpc) is 3.24. The van der Waals surface area contributed by atoms with Gasteiger partial charge in [-0.15, -0.1) is 10.2 Å². The van der Waals surface area contributed by atoms with Gasteiger partial charge in [0, 0.05) is 11.1 Å². The van der Waals surface area contributed by atoms with Crippen molar-refractivity contribution in [1.29, 1.82) is 0 Å². The van der Waals surface area contributed by atoms with E-state index in [1.165, 1.54) is 11.8 Å². The second-order valence-corrected chi connectivity index (χ2v) is 7.49. The van der Waals surface area contributed by atoms with Gasteiger partial charge < -0.3 is 9.73 Å². The van der Waals surface area contributed by atoms with E-state index in [1.807, 2.05) is 24.5 Å². The number of thioether (sulfide) groups is 1. The fraction of sp³-hybridized carbons (Fsp3) is 0.235. The number of amides is 1. The minimum Gasteiger partial charge on any atom is -0.461 e. The van der Waals surface area contributed by atoms with Crippen LogP contribution in [0.25, 0.3) is 11.6 Å². The number of halogens is 2. The van der Waals surface area contributed by atoms with Crippen molar-refractivity contribution in [1.82, 2.24) is 14.8 Å². The van der Waals surface area contributed by atoms with E-state index in [2.05, 4.69) is 15.5 Å². The monoisotopic (exact) mass is 410 g/mol. The maximum Gasteiger partial charge on any atom is 0.234 e. The number of anilines is 1. The van der Waals surface area contributed by atoms with Gasteiger partial charge >= 0.3 is 0 Å². The first-order chi connectivity index (χ1) is 12.5. The summed E-state index contributed by atoms with van der Waals surface area (Å²) in [4.78, 5) is 12.2. The Hall–Kier alpha value is -1.96. The first-order valence-electron chi connectivity index (χ1n) is 7.82. The van der Waals surface area contributed by atoms with Gasteiger partial charge in [-0.05, 0) is 44.2 Å². The standard InChI is InChI=1S/C17H16Cl2N4O2S/c1-10(2)23-16(14-4-3-7-25-14)21-22-17(23)26-9-15(24)20-13-6-5-11(18)8-12(13)19/h3-8,10H,9H2,1-2H3,(H,20,24). The van der Waals surface area contributed by atoms with Crippen molar-refractivity contribution in [3.05, 3.63) is 46.6 Å². The van der Waals surface area contributed by atoms with Crippen LogP contribution in [0.1, 0.15) is 19.9 Å². The summed E-state index contributed by atoms with van der Waals surface area (Å²) in [6.07, 6.45) is 1.59. The van der Waals surface area contributed by atoms with Crippen LogP contribution >= 0.6 is 35.0 Å². The van der Waals surface area contributed by atoms with Crippen molar-refractivity contribution in [3.63, 3.8) is 0 Å². The van der Waals surface area contributed by atoms with Crippen LogP contribution in [0.4, 0.5) is 5.69 Å². The SMILES string of the molecule is CC(C)n1c(SCC(=O)Nc2ccc(Cl)cc2Cl)nnc1-c1ccco1. The number of aromatic nitrogens is 3. The predicted molar refractivity (Wildman–Crippen MR) is 104 cm³/mol. The maximum absolute atomic E-state index is 12.2. The van der Waals surface area contributed by atoms with Crippen molar-refractivity contribution in [2.24, 2.45) is 0 Å². The van der Waals surface area contributed by atoms with Crippen molar-refractivity contribution in [2.75, 3.05) is 11.1 Å². The molecule has 3 aromatic rings. The van der Waals surface area contributed by atoms with Gasteiger partial charge in [-0.3, -0.25) is 9.36 Å². The summed E-state index contributed by atoms with van der Waals surface area (Å²) in [5.74, 6) is 1.24. The summed E-state index contributed by atoms with van der Waals surface area (Å²) in [7, 11) is 0. The zero-order valence-electron chi connectivity index (χ0n) is 14.1. The Kier molecular flexibility index (Phi) is 5.90. The maximum atomic E-state index is 12.2. The van der Waals surface area contributed by atoms with Crippen molar-refractivity contribution in [2.45, 2.75) is 25.0 Å². The van der Waals surface area contributed by atoms with E-state index in [4.69, 9.17) is 27.6 Å². The number of carbonyl (C=O) groups is 1. The van der Waals surface area contributed by atoms with Crippen LogP contribution in [-0.2, 0) is 4.79 Å². The molecule has 0 atom stereocenters. The van der Waals surface area contributed by atoms with E-state index >= 15 is 0 Å². The van der Waals surface area contributed by atoms with Gasteiger partial charge in [-0.1, -0.05) is 35.0 Å². The highest BCUT2D eigenvalue weighted by Gasteiger charge is 2.19. The lowest BCUT2D eigenvalue weighted by Crippen LogP contribution is -2.15. The van der Waals surface area contributed by atoms with Crippen LogP contribution in [0.15, 0.2) is 46.2 Å². The first kappa shape index (κ1) is 18.8. The molecule has 136 valence electrons. The van der Waals surface area contributed by atoms with Crippen molar-refractivity contribution < 1.29 is 9.21 Å². The predicted octanol–water partition coefficient (Wildman–Crippen LogP) is 5.16. The van der Waals surface area contributed by atoms with Crippen LogP contribution in [0.2, 0.25) is 10.0 Å². The highest BCUT2D eigenvalue weighted by atomic mass is 35.5. The van der Waals surface area contributed by atoms with Gasteiger partial charge in [0.1, 0.15) is 0 Å². The van der Waals surface area contributed by atoms with E-state index in [0.717, 1.165) is 0 Å². The molecule has 0 aliphatic heterocycles. The van der Waals surface area contributed by atoms with Crippen LogP contribution in [-0.4, -0.2) is 26.4 Å². The number of carbonyl (C=O) groups excluding carboxylic acids is 1. The number of rotatable bonds is 6. The number of benzene rings is 1. The van der Waals surface area contributed by atoms with E-state index in [-0.39, 0.29) is 17.7 Å². The molecule has 2 aromatic heterocycles. The second-order valence-electron chi connectivity index (χ2n) is 5.71. The van der Waals surface area contributed by atoms with Gasteiger partial charge in [-0.25, -0.2) is 0 Å². The topological polar surface area (TPSA) is 73.0 Å². The summed E-state index contributed by atoms with van der Waals surface area (Å²) in [5, 5.41) is 12.7. The molecule has 0 spiro atoms. The lowest BCUT2D eigenvalue weighted by molar-refractivity contribution is -0.113. The Morgan fingerprint density at radius 2 is 2.12 bits per heavy atom. The Bertz CT molecular complexity index is 910. The molecule has 0 aliphatic carbocycles. The van der Waals surface area contributed by atoms with Gasteiger partial charge in [0.15, 0.2) is 10.9 Å². The normalized spacial score (nSPS) is 11.1. The smallest absolute Gasteiger partial charge is 0.234 e. The fourth-order valence-corrected chi connectivity index (χ4v) is 3.65. The van der Waals surface area contributed by atoms with Crippen LogP contribution in [0, 0.1) is 0 Å². The molecule has 26 heavy (non-hydrogen) atoms. The third-order valence-electron chi connectivity index (χ3n) is 3.46. The third kappa shape index (κ3) is 4.23. The lowest BCUT2D eigenvalue weighted by Gasteiger charge is -2.12. The van der Waals surface area contributed by atoms with E-state index < -0.39 is 0 Å². The summed E-state index contributed by atoms with van der Waals surface area (Å²) in [6.45, 7) is 4.04. The van der Waals surface area contributed by atoms with E-state index in [9.17, 15) is 4.79 Å². The quantitative estimate of drug-likeness (QED) is 0.568. The summed E-state index contributed by atoms with van der Waals surface area (Å²) >= 11 is 13.2. The summed E-state index contributed by atoms with van der Waals surface area (Å²) in [6, 6.07) is 8.65. The average molecular weight is 411 g/mol. The minimum atomic E-state index is -0.197. The molecule has 9 heteroatoms. The highest BCUT2D eigenvalue weighted by molar-refractivity contribution is 7.99. The Balaban J connectivity index is 1.70. The second kappa shape index (κ2) is 8.16. The molecule has 0 aliphatic rings. The molecule has 0 unspecified atom stereocenters. The van der Waals surface area contributed by atoms with Gasteiger partial charge in [0.25, 0.3) is 0 Å². The number of nitrogens with zero attached hydrogens (tertiary/aromatic N) is 3. The Morgan fingerprint density at radius 1 is 1.31 bits per heavy atom. The molecule has 0 bridgehead atoms. The number of furan rings is 1. The van der Waals surface area contributed by atoms with Crippen molar-refractivity contribution >= 4 is 46.6 Å². The Morgan fingerprint density at radius 3 is 2.77 bits per heavy atom. The number of hydrogen-bond donors (Lipinski definition) is 1. The summed E-state index contributed by atoms with van der Waals surface area (Å²) < 4.78 is 7.35. The molecule has 1 amide bonds. The molecule has 0 radical (unpaired) electrons. The van der Waals surface area contributed by atoms with Gasteiger partial charge in [0.05, 0.1) is 22.7 Å². The lowest BCUT2D eigenvalue weighted by atomic mass is 10.3. The Labute approximate surface area is 164 Å². The summed E-state index contributed by atoms with van der Waals surface area (Å²) in [5.41, 5.74) is 0.517. The molecule has 2 heterocycles. The van der Waals surface area contributed by atoms with E-state index in [0.29, 0.717) is 32.5 Å². The van der Waals surface area contributed by atoms with Gasteiger partial charge in [-0.2, -0.15) is 0 Å². The molecule has 6 nitrogen and oxygen atoms in total. The van der Waals surface area contributed by atoms with Crippen LogP contribution < -0.4 is 5.32 Å². The van der Waals surface area contributed by atoms with Crippen LogP contribution in [0.3, 0.4) is 0 Å². The molecule has 3 rings (SSSR count). The van der Waals surface area contributed by atoms with E-state index in [1.54, 1.807) is 30.5 Å². The number of nitrogens with one attached hydrogen (secondary N) is 1. The molecular weight excluding hydrogens is 395 g/mol. The molecule has 0 fully saturated rings. The molecule has 1 N–H and O–H groups in total. The third-order valence-corrected chi connectivity index (χ3v) is 4.95. The molecular formula is C17H16Cl2N4O2S.